The molecule has 0 fully saturated rings. The van der Waals surface area contributed by atoms with E-state index < -0.39 is 18.1 Å². The summed E-state index contributed by atoms with van der Waals surface area (Å²) in [6.07, 6.45) is 0. The summed E-state index contributed by atoms with van der Waals surface area (Å²) in [5.74, 6) is 0. The van der Waals surface area contributed by atoms with E-state index in [2.05, 4.69) is 0 Å². The van der Waals surface area contributed by atoms with Crippen LogP contribution in [0, 0.1) is 0 Å². The monoisotopic (exact) mass is 581 g/mol. The molecule has 0 aliphatic carbocycles. The zero-order chi connectivity index (χ0) is 37.6. The summed E-state index contributed by atoms with van der Waals surface area (Å²) in [5, 5.41) is 4.36. The van der Waals surface area contributed by atoms with Gasteiger partial charge in [0.15, 0.2) is 0 Å². The summed E-state index contributed by atoms with van der Waals surface area (Å²) in [6, 6.07) is 33.0. The third-order valence-corrected chi connectivity index (χ3v) is 8.41. The predicted molar refractivity (Wildman–Crippen MR) is 190 cm³/mol. The molecule has 0 spiro atoms. The maximum atomic E-state index is 9.51. The van der Waals surface area contributed by atoms with Crippen LogP contribution >= 0.6 is 0 Å². The van der Waals surface area contributed by atoms with Crippen LogP contribution in [0.25, 0.3) is 88.0 Å². The van der Waals surface area contributed by atoms with E-state index in [1.54, 1.807) is 12.1 Å². The zero-order valence-corrected chi connectivity index (χ0v) is 23.9. The summed E-state index contributed by atoms with van der Waals surface area (Å²) in [6.45, 7) is 0. The summed E-state index contributed by atoms with van der Waals surface area (Å²) in [5.41, 5.74) is 4.77. The fraction of sp³-hybridized carbons (Fsp3) is 0. The maximum absolute atomic E-state index is 9.51. The first kappa shape index (κ1) is 18.0. The third kappa shape index (κ3) is 4.17. The fourth-order valence-corrected chi connectivity index (χ4v) is 6.51. The molecule has 0 bridgehead atoms. The Morgan fingerprint density at radius 2 is 0.956 bits per heavy atom. The highest BCUT2D eigenvalue weighted by Crippen LogP contribution is 2.47. The van der Waals surface area contributed by atoms with E-state index in [0.29, 0.717) is 38.8 Å². The Labute approximate surface area is 274 Å². The molecule has 0 aliphatic rings. The van der Waals surface area contributed by atoms with Gasteiger partial charge in [0.25, 0.3) is 0 Å². The van der Waals surface area contributed by atoms with Gasteiger partial charge >= 0.3 is 0 Å². The summed E-state index contributed by atoms with van der Waals surface area (Å²) >= 11 is 0. The highest BCUT2D eigenvalue weighted by molar-refractivity contribution is 6.23. The Bertz CT molecular complexity index is 2960. The van der Waals surface area contributed by atoms with Crippen LogP contribution in [0.1, 0.15) is 12.3 Å². The Morgan fingerprint density at radius 1 is 0.400 bits per heavy atom. The first-order valence-electron chi connectivity index (χ1n) is 19.2. The average Bonchev–Trinajstić information content (AvgIpc) is 3.57. The normalized spacial score (nSPS) is 14.4. The molecule has 1 heteroatoms. The van der Waals surface area contributed by atoms with Crippen LogP contribution in [0.5, 0.6) is 0 Å². The molecular weight excluding hydrogens is 544 g/mol. The van der Waals surface area contributed by atoms with Gasteiger partial charge in [-0.2, -0.15) is 0 Å². The topological polar surface area (TPSA) is 13.1 Å². The highest BCUT2D eigenvalue weighted by Gasteiger charge is 2.20. The maximum Gasteiger partial charge on any atom is 0.136 e. The van der Waals surface area contributed by atoms with Gasteiger partial charge in [-0.3, -0.25) is 0 Å². The van der Waals surface area contributed by atoms with Crippen molar-refractivity contribution >= 4 is 43.5 Å². The molecule has 0 saturated heterocycles. The Kier molecular flexibility index (Phi) is 4.15. The van der Waals surface area contributed by atoms with E-state index in [1.165, 1.54) is 0 Å². The van der Waals surface area contributed by atoms with Crippen molar-refractivity contribution in [1.29, 1.82) is 0 Å². The highest BCUT2D eigenvalue weighted by atomic mass is 16.3. The van der Waals surface area contributed by atoms with Crippen molar-refractivity contribution in [3.8, 4) is 44.5 Å². The van der Waals surface area contributed by atoms with Gasteiger partial charge in [-0.15, -0.1) is 0 Å². The molecule has 0 amide bonds. The molecule has 9 rings (SSSR count). The predicted octanol–water partition coefficient (Wildman–Crippen LogP) is 12.6. The van der Waals surface area contributed by atoms with Gasteiger partial charge in [-0.1, -0.05) is 145 Å². The second-order valence-corrected chi connectivity index (χ2v) is 11.0. The van der Waals surface area contributed by atoms with Crippen molar-refractivity contribution in [2.75, 3.05) is 0 Å². The number of furan rings is 1. The van der Waals surface area contributed by atoms with Crippen molar-refractivity contribution in [3.05, 3.63) is 170 Å². The summed E-state index contributed by atoms with van der Waals surface area (Å²) < 4.78 is 86.0. The lowest BCUT2D eigenvalue weighted by Gasteiger charge is -2.19. The number of para-hydroxylation sites is 1. The lowest BCUT2D eigenvalue weighted by atomic mass is 9.84. The molecule has 1 heterocycles. The van der Waals surface area contributed by atoms with Gasteiger partial charge in [-0.05, 0) is 90.3 Å². The molecular formula is C44H28O. The number of hydrogen-bond acceptors (Lipinski definition) is 1. The smallest absolute Gasteiger partial charge is 0.136 e. The standard InChI is InChI=1S/C44H28O/c1-3-14-29(15-4-1)31-18-13-19-32(26-31)42-34-20-7-9-22-36(34)43(37-23-10-8-21-35(37)42)33-27-39(30-16-5-2-6-17-30)44-38-24-11-12-25-40(38)45-41(44)28-33/h1-28H/i2D,5D,6D,13D,16D,17D,18D,19D,26D. The number of benzene rings is 8. The van der Waals surface area contributed by atoms with Gasteiger partial charge in [0, 0.05) is 10.8 Å². The van der Waals surface area contributed by atoms with Crippen molar-refractivity contribution in [2.24, 2.45) is 0 Å². The van der Waals surface area contributed by atoms with E-state index in [9.17, 15) is 2.74 Å². The molecule has 0 aliphatic heterocycles. The third-order valence-electron chi connectivity index (χ3n) is 8.41. The summed E-state index contributed by atoms with van der Waals surface area (Å²) in [4.78, 5) is 0. The van der Waals surface area contributed by atoms with Crippen LogP contribution in [0.4, 0.5) is 0 Å². The molecule has 1 nitrogen and oxygen atoms in total. The van der Waals surface area contributed by atoms with Gasteiger partial charge in [0.2, 0.25) is 0 Å². The van der Waals surface area contributed by atoms with Crippen LogP contribution in [0.15, 0.2) is 174 Å². The lowest BCUT2D eigenvalue weighted by molar-refractivity contribution is 0.669. The first-order chi connectivity index (χ1) is 26.1. The molecule has 0 saturated carbocycles. The van der Waals surface area contributed by atoms with Crippen molar-refractivity contribution < 1.29 is 16.8 Å². The summed E-state index contributed by atoms with van der Waals surface area (Å²) in [7, 11) is 0. The average molecular weight is 582 g/mol. The molecule has 1 aromatic heterocycles. The minimum absolute atomic E-state index is 0.0116. The van der Waals surface area contributed by atoms with Gasteiger partial charge < -0.3 is 4.42 Å². The molecule has 0 unspecified atom stereocenters. The zero-order valence-electron chi connectivity index (χ0n) is 32.9. The van der Waals surface area contributed by atoms with Crippen LogP contribution < -0.4 is 0 Å². The first-order valence-corrected chi connectivity index (χ1v) is 14.7. The molecule has 0 radical (unpaired) electrons. The quantitative estimate of drug-likeness (QED) is 0.188. The van der Waals surface area contributed by atoms with Crippen molar-refractivity contribution in [1.82, 2.24) is 0 Å². The van der Waals surface area contributed by atoms with Crippen molar-refractivity contribution in [3.63, 3.8) is 0 Å². The molecule has 9 aromatic rings. The lowest BCUT2D eigenvalue weighted by Crippen LogP contribution is -1.92. The minimum atomic E-state index is -0.474. The SMILES string of the molecule is [2H]c1c([2H])c([2H])c(-c2cc(-c3c4ccccc4c(-c4c([2H])c([2H])c([2H])c(-c5ccccc5)c4[2H])c4ccccc34)cc3oc4ccccc4c23)c([2H])c1[2H]. The molecule has 45 heavy (non-hydrogen) atoms. The van der Waals surface area contributed by atoms with Crippen LogP contribution in [-0.2, 0) is 0 Å². The molecule has 8 aromatic carbocycles. The van der Waals surface area contributed by atoms with E-state index in [4.69, 9.17) is 14.0 Å². The van der Waals surface area contributed by atoms with Gasteiger partial charge in [0.1, 0.15) is 11.2 Å². The Hall–Kier alpha value is -5.92. The van der Waals surface area contributed by atoms with Gasteiger partial charge in [-0.25, -0.2) is 0 Å². The van der Waals surface area contributed by atoms with Crippen LogP contribution in [-0.4, -0.2) is 0 Å². The fourth-order valence-electron chi connectivity index (χ4n) is 6.51. The second kappa shape index (κ2) is 10.4. The van der Waals surface area contributed by atoms with Crippen LogP contribution in [0.3, 0.4) is 0 Å². The largest absolute Gasteiger partial charge is 0.456 e. The molecule has 210 valence electrons. The number of hydrogen-bond donors (Lipinski definition) is 0. The van der Waals surface area contributed by atoms with E-state index in [1.807, 2.05) is 103 Å². The van der Waals surface area contributed by atoms with Gasteiger partial charge in [0.05, 0.1) is 12.3 Å². The minimum Gasteiger partial charge on any atom is -0.456 e. The van der Waals surface area contributed by atoms with E-state index >= 15 is 0 Å². The van der Waals surface area contributed by atoms with E-state index in [-0.39, 0.29) is 52.9 Å². The van der Waals surface area contributed by atoms with E-state index in [0.717, 1.165) is 32.5 Å². The molecule has 0 atom stereocenters. The number of fused-ring (bicyclic) bond motifs is 5. The molecule has 0 N–H and O–H groups in total. The van der Waals surface area contributed by atoms with Crippen LogP contribution in [0.2, 0.25) is 0 Å². The Morgan fingerprint density at radius 3 is 1.64 bits per heavy atom. The van der Waals surface area contributed by atoms with Crippen molar-refractivity contribution in [2.45, 2.75) is 0 Å². The Balaban J connectivity index is 1.43. The number of rotatable bonds is 4. The second-order valence-electron chi connectivity index (χ2n) is 11.0.